The van der Waals surface area contributed by atoms with Crippen LogP contribution in [0, 0.1) is 0 Å². The summed E-state index contributed by atoms with van der Waals surface area (Å²) in [6, 6.07) is 0. The maximum absolute atomic E-state index is 5.14. The molecule has 1 nitrogen and oxygen atoms in total. The predicted molar refractivity (Wildman–Crippen MR) is 63.0 cm³/mol. The highest BCUT2D eigenvalue weighted by molar-refractivity contribution is 4.39. The highest BCUT2D eigenvalue weighted by Crippen LogP contribution is 2.03. The number of hydrogen-bond donors (Lipinski definition) is 1. The lowest BCUT2D eigenvalue weighted by molar-refractivity contribution is 0.624. The smallest absolute Gasteiger partial charge is 0.00774 e. The van der Waals surface area contributed by atoms with Crippen LogP contribution in [0.15, 0.2) is 0 Å². The van der Waals surface area contributed by atoms with Crippen molar-refractivity contribution in [1.29, 1.82) is 0 Å². The van der Waals surface area contributed by atoms with E-state index in [1.165, 1.54) is 51.4 Å². The number of unbranched alkanes of at least 4 members (excludes halogenated alkanes) is 6. The summed E-state index contributed by atoms with van der Waals surface area (Å²) in [7, 11) is 0. The molecule has 13 heavy (non-hydrogen) atoms. The van der Waals surface area contributed by atoms with E-state index in [1.54, 1.807) is 0 Å². The van der Waals surface area contributed by atoms with Gasteiger partial charge in [0.25, 0.3) is 0 Å². The third kappa shape index (κ3) is 24.5. The Morgan fingerprint density at radius 3 is 1.15 bits per heavy atom. The quantitative estimate of drug-likeness (QED) is 0.596. The van der Waals surface area contributed by atoms with Gasteiger partial charge >= 0.3 is 0 Å². The molecule has 0 bridgehead atoms. The summed E-state index contributed by atoms with van der Waals surface area (Å²) in [5, 5.41) is 0. The van der Waals surface area contributed by atoms with Crippen molar-refractivity contribution in [2.75, 3.05) is 6.54 Å². The molecule has 0 atom stereocenters. The van der Waals surface area contributed by atoms with Gasteiger partial charge in [0.15, 0.2) is 0 Å². The minimum atomic E-state index is 0.844. The first-order chi connectivity index (χ1) is 6.33. The van der Waals surface area contributed by atoms with E-state index in [-0.39, 0.29) is 0 Å². The largest absolute Gasteiger partial charge is 0.330 e. The summed E-state index contributed by atoms with van der Waals surface area (Å²) < 4.78 is 0. The molecule has 0 aliphatic rings. The highest BCUT2D eigenvalue weighted by Gasteiger charge is 1.83. The van der Waals surface area contributed by atoms with Crippen molar-refractivity contribution >= 4 is 0 Å². The van der Waals surface area contributed by atoms with E-state index in [1.807, 2.05) is 0 Å². The van der Waals surface area contributed by atoms with Crippen molar-refractivity contribution < 1.29 is 0 Å². The third-order valence-corrected chi connectivity index (χ3v) is 2.01. The van der Waals surface area contributed by atoms with Crippen molar-refractivity contribution in [3.05, 3.63) is 0 Å². The fraction of sp³-hybridized carbons (Fsp3) is 1.00. The summed E-state index contributed by atoms with van der Waals surface area (Å²) >= 11 is 0. The minimum Gasteiger partial charge on any atom is -0.330 e. The first-order valence-corrected chi connectivity index (χ1v) is 6.03. The lowest BCUT2D eigenvalue weighted by Crippen LogP contribution is -1.95. The van der Waals surface area contributed by atoms with Crippen LogP contribution >= 0.6 is 0 Å². The Morgan fingerprint density at radius 1 is 0.615 bits per heavy atom. The van der Waals surface area contributed by atoms with E-state index in [2.05, 4.69) is 20.8 Å². The maximum atomic E-state index is 5.14. The van der Waals surface area contributed by atoms with E-state index in [0.29, 0.717) is 0 Å². The van der Waals surface area contributed by atoms with Crippen molar-refractivity contribution in [3.8, 4) is 0 Å². The minimum absolute atomic E-state index is 0.844. The molecule has 0 fully saturated rings. The molecule has 0 aromatic heterocycles. The van der Waals surface area contributed by atoms with E-state index in [0.717, 1.165) is 6.54 Å². The van der Waals surface area contributed by atoms with E-state index in [9.17, 15) is 0 Å². The van der Waals surface area contributed by atoms with Crippen LogP contribution in [0.25, 0.3) is 0 Å². The molecule has 0 rings (SSSR count). The second kappa shape index (κ2) is 17.9. The molecule has 0 radical (unpaired) electrons. The Balaban J connectivity index is 0. The lowest BCUT2D eigenvalue weighted by Gasteiger charge is -1.93. The molecule has 0 aliphatic carbocycles. The van der Waals surface area contributed by atoms with Gasteiger partial charge in [0.2, 0.25) is 0 Å². The fourth-order valence-corrected chi connectivity index (χ4v) is 1.06. The van der Waals surface area contributed by atoms with E-state index < -0.39 is 0 Å². The Bertz CT molecular complexity index is 54.1. The van der Waals surface area contributed by atoms with Crippen LogP contribution in [0.1, 0.15) is 72.1 Å². The zero-order valence-corrected chi connectivity index (χ0v) is 9.94. The lowest BCUT2D eigenvalue weighted by atomic mass is 10.1. The van der Waals surface area contributed by atoms with Gasteiger partial charge in [-0.2, -0.15) is 0 Å². The Labute approximate surface area is 85.1 Å². The van der Waals surface area contributed by atoms with Gasteiger partial charge in [-0.05, 0) is 13.0 Å². The zero-order chi connectivity index (χ0) is 10.4. The Hall–Kier alpha value is -0.0400. The molecule has 2 N–H and O–H groups in total. The van der Waals surface area contributed by atoms with Gasteiger partial charge in [-0.3, -0.25) is 0 Å². The van der Waals surface area contributed by atoms with Crippen LogP contribution < -0.4 is 5.73 Å². The average molecular weight is 187 g/mol. The monoisotopic (exact) mass is 187 g/mol. The van der Waals surface area contributed by atoms with Crippen LogP contribution in [0.4, 0.5) is 0 Å². The molecule has 1 heteroatoms. The second-order valence-electron chi connectivity index (χ2n) is 3.56. The van der Waals surface area contributed by atoms with Crippen LogP contribution in [0.3, 0.4) is 0 Å². The molecule has 0 spiro atoms. The van der Waals surface area contributed by atoms with Gasteiger partial charge in [0.1, 0.15) is 0 Å². The first-order valence-electron chi connectivity index (χ1n) is 6.03. The van der Waals surface area contributed by atoms with E-state index in [4.69, 9.17) is 5.73 Å². The highest BCUT2D eigenvalue weighted by atomic mass is 14.5. The SMILES string of the molecule is CCCCCCCC.CCCCN. The maximum Gasteiger partial charge on any atom is -0.00774 e. The molecule has 0 saturated heterocycles. The Kier molecular flexibility index (Phi) is 21.2. The molecule has 0 unspecified atom stereocenters. The molecule has 0 aliphatic heterocycles. The molecule has 0 aromatic carbocycles. The molecular weight excluding hydrogens is 158 g/mol. The van der Waals surface area contributed by atoms with Gasteiger partial charge in [0.05, 0.1) is 0 Å². The molecule has 0 amide bonds. The summed E-state index contributed by atoms with van der Waals surface area (Å²) in [4.78, 5) is 0. The van der Waals surface area contributed by atoms with Crippen LogP contribution in [0.5, 0.6) is 0 Å². The zero-order valence-electron chi connectivity index (χ0n) is 9.94. The number of hydrogen-bond acceptors (Lipinski definition) is 1. The van der Waals surface area contributed by atoms with Gasteiger partial charge < -0.3 is 5.73 Å². The molecular formula is C12H29N. The van der Waals surface area contributed by atoms with Gasteiger partial charge in [-0.25, -0.2) is 0 Å². The first kappa shape index (κ1) is 15.4. The van der Waals surface area contributed by atoms with Crippen LogP contribution in [-0.2, 0) is 0 Å². The van der Waals surface area contributed by atoms with E-state index >= 15 is 0 Å². The molecule has 82 valence electrons. The van der Waals surface area contributed by atoms with Gasteiger partial charge in [0, 0.05) is 0 Å². The third-order valence-electron chi connectivity index (χ3n) is 2.01. The second-order valence-corrected chi connectivity index (χ2v) is 3.56. The van der Waals surface area contributed by atoms with Gasteiger partial charge in [-0.1, -0.05) is 65.7 Å². The van der Waals surface area contributed by atoms with Crippen LogP contribution in [0.2, 0.25) is 0 Å². The number of nitrogens with two attached hydrogens (primary N) is 1. The fourth-order valence-electron chi connectivity index (χ4n) is 1.06. The van der Waals surface area contributed by atoms with Crippen molar-refractivity contribution in [2.45, 2.75) is 72.1 Å². The summed E-state index contributed by atoms with van der Waals surface area (Å²) in [6.45, 7) is 7.49. The Morgan fingerprint density at radius 2 is 1.00 bits per heavy atom. The number of rotatable bonds is 7. The normalized spacial score (nSPS) is 9.23. The predicted octanol–water partition coefficient (Wildman–Crippen LogP) is 4.11. The molecule has 0 saturated carbocycles. The van der Waals surface area contributed by atoms with Crippen molar-refractivity contribution in [3.63, 3.8) is 0 Å². The topological polar surface area (TPSA) is 26.0 Å². The van der Waals surface area contributed by atoms with Gasteiger partial charge in [-0.15, -0.1) is 0 Å². The van der Waals surface area contributed by atoms with Crippen LogP contribution in [-0.4, -0.2) is 6.54 Å². The summed E-state index contributed by atoms with van der Waals surface area (Å²) in [5.41, 5.74) is 5.14. The standard InChI is InChI=1S/C8H18.C4H11N/c1-3-5-7-8-6-4-2;1-2-3-4-5/h3-8H2,1-2H3;2-5H2,1H3. The average Bonchev–Trinajstić information content (AvgIpc) is 2.15. The van der Waals surface area contributed by atoms with Crippen molar-refractivity contribution in [2.24, 2.45) is 5.73 Å². The summed E-state index contributed by atoms with van der Waals surface area (Å²) in [6.07, 6.45) is 10.9. The molecule has 0 heterocycles. The van der Waals surface area contributed by atoms with Crippen molar-refractivity contribution in [1.82, 2.24) is 0 Å². The summed E-state index contributed by atoms with van der Waals surface area (Å²) in [5.74, 6) is 0. The molecule has 0 aromatic rings.